The summed E-state index contributed by atoms with van der Waals surface area (Å²) in [5, 5.41) is 17.5. The van der Waals surface area contributed by atoms with Crippen LogP contribution in [0.5, 0.6) is 0 Å². The number of carbonyl (C=O) groups is 2. The molecule has 0 saturated heterocycles. The van der Waals surface area contributed by atoms with E-state index in [-0.39, 0.29) is 29.0 Å². The lowest BCUT2D eigenvalue weighted by Crippen LogP contribution is -2.22. The summed E-state index contributed by atoms with van der Waals surface area (Å²) in [6.45, 7) is 0.0772. The summed E-state index contributed by atoms with van der Waals surface area (Å²) in [5.41, 5.74) is 1.32. The SMILES string of the molecule is O=C(NCc1nnc(C(=O)Nc2ccccc2)s1)c1cc(-c2ccc(F)cc2)on1. The summed E-state index contributed by atoms with van der Waals surface area (Å²) in [4.78, 5) is 24.5. The fourth-order valence-electron chi connectivity index (χ4n) is 2.50. The van der Waals surface area contributed by atoms with Crippen LogP contribution in [0.2, 0.25) is 0 Å². The Labute approximate surface area is 173 Å². The van der Waals surface area contributed by atoms with E-state index < -0.39 is 5.91 Å². The highest BCUT2D eigenvalue weighted by molar-refractivity contribution is 7.13. The van der Waals surface area contributed by atoms with Gasteiger partial charge in [0, 0.05) is 17.3 Å². The number of hydrogen-bond acceptors (Lipinski definition) is 7. The van der Waals surface area contributed by atoms with Crippen molar-refractivity contribution in [3.05, 3.63) is 82.2 Å². The average molecular weight is 423 g/mol. The van der Waals surface area contributed by atoms with Gasteiger partial charge in [-0.05, 0) is 36.4 Å². The molecule has 2 heterocycles. The Bertz CT molecular complexity index is 1170. The molecule has 150 valence electrons. The summed E-state index contributed by atoms with van der Waals surface area (Å²) in [6, 6.07) is 16.1. The van der Waals surface area contributed by atoms with E-state index in [1.165, 1.54) is 30.3 Å². The lowest BCUT2D eigenvalue weighted by atomic mass is 10.1. The van der Waals surface area contributed by atoms with Gasteiger partial charge in [-0.1, -0.05) is 34.7 Å². The number of halogens is 1. The topological polar surface area (TPSA) is 110 Å². The van der Waals surface area contributed by atoms with Crippen molar-refractivity contribution in [1.82, 2.24) is 20.7 Å². The highest BCUT2D eigenvalue weighted by Crippen LogP contribution is 2.20. The highest BCUT2D eigenvalue weighted by atomic mass is 32.1. The Hall–Kier alpha value is -3.92. The number of nitrogens with one attached hydrogen (secondary N) is 2. The first-order valence-corrected chi connectivity index (χ1v) is 9.60. The molecule has 10 heteroatoms. The maximum atomic E-state index is 13.0. The molecule has 2 N–H and O–H groups in total. The van der Waals surface area contributed by atoms with Gasteiger partial charge >= 0.3 is 0 Å². The van der Waals surface area contributed by atoms with Crippen LogP contribution in [0, 0.1) is 5.82 Å². The van der Waals surface area contributed by atoms with Crippen LogP contribution in [-0.4, -0.2) is 27.2 Å². The fourth-order valence-corrected chi connectivity index (χ4v) is 3.18. The van der Waals surface area contributed by atoms with Gasteiger partial charge < -0.3 is 15.2 Å². The van der Waals surface area contributed by atoms with Crippen LogP contribution >= 0.6 is 11.3 Å². The molecule has 4 rings (SSSR count). The Morgan fingerprint density at radius 2 is 1.77 bits per heavy atom. The zero-order valence-corrected chi connectivity index (χ0v) is 16.1. The summed E-state index contributed by atoms with van der Waals surface area (Å²) in [5.74, 6) is -0.879. The maximum absolute atomic E-state index is 13.0. The van der Waals surface area contributed by atoms with Crippen LogP contribution in [0.15, 0.2) is 65.2 Å². The van der Waals surface area contributed by atoms with Gasteiger partial charge in [0.05, 0.1) is 6.54 Å². The smallest absolute Gasteiger partial charge is 0.286 e. The molecule has 0 aliphatic heterocycles. The predicted octanol–water partition coefficient (Wildman–Crippen LogP) is 3.51. The third-order valence-electron chi connectivity index (χ3n) is 3.96. The molecule has 0 unspecified atom stereocenters. The van der Waals surface area contributed by atoms with E-state index in [9.17, 15) is 14.0 Å². The number of anilines is 1. The third-order valence-corrected chi connectivity index (χ3v) is 4.89. The van der Waals surface area contributed by atoms with E-state index in [2.05, 4.69) is 26.0 Å². The van der Waals surface area contributed by atoms with Gasteiger partial charge in [-0.15, -0.1) is 10.2 Å². The Morgan fingerprint density at radius 3 is 2.53 bits per heavy atom. The van der Waals surface area contributed by atoms with Crippen LogP contribution in [-0.2, 0) is 6.54 Å². The quantitative estimate of drug-likeness (QED) is 0.491. The first-order chi connectivity index (χ1) is 14.6. The number of rotatable bonds is 6. The first-order valence-electron chi connectivity index (χ1n) is 8.78. The molecule has 0 radical (unpaired) electrons. The number of benzene rings is 2. The third kappa shape index (κ3) is 4.55. The van der Waals surface area contributed by atoms with Crippen LogP contribution in [0.25, 0.3) is 11.3 Å². The van der Waals surface area contributed by atoms with E-state index in [0.29, 0.717) is 22.0 Å². The lowest BCUT2D eigenvalue weighted by molar-refractivity contribution is 0.0941. The van der Waals surface area contributed by atoms with Gasteiger partial charge in [0.1, 0.15) is 10.8 Å². The first kappa shape index (κ1) is 19.4. The molecule has 8 nitrogen and oxygen atoms in total. The average Bonchev–Trinajstić information content (AvgIpc) is 3.43. The van der Waals surface area contributed by atoms with Crippen molar-refractivity contribution in [2.45, 2.75) is 6.54 Å². The lowest BCUT2D eigenvalue weighted by Gasteiger charge is -2.01. The molecule has 0 aliphatic rings. The van der Waals surface area contributed by atoms with Crippen LogP contribution in [0.3, 0.4) is 0 Å². The number of nitrogens with zero attached hydrogens (tertiary/aromatic N) is 3. The van der Waals surface area contributed by atoms with E-state index in [4.69, 9.17) is 4.52 Å². The molecular formula is C20H14FN5O3S. The van der Waals surface area contributed by atoms with Crippen molar-refractivity contribution in [2.24, 2.45) is 0 Å². The second kappa shape index (κ2) is 8.62. The van der Waals surface area contributed by atoms with E-state index in [0.717, 1.165) is 11.3 Å². The van der Waals surface area contributed by atoms with Gasteiger partial charge in [-0.3, -0.25) is 9.59 Å². The fraction of sp³-hybridized carbons (Fsp3) is 0.0500. The van der Waals surface area contributed by atoms with Crippen molar-refractivity contribution in [1.29, 1.82) is 0 Å². The molecule has 2 aromatic carbocycles. The standard InChI is InChI=1S/C20H14FN5O3S/c21-13-8-6-12(7-9-13)16-10-15(26-29-16)18(27)22-11-17-24-25-20(30-17)19(28)23-14-4-2-1-3-5-14/h1-10H,11H2,(H,22,27)(H,23,28). The molecule has 2 amide bonds. The van der Waals surface area contributed by atoms with Gasteiger partial charge in [0.15, 0.2) is 11.5 Å². The second-order valence-corrected chi connectivity index (χ2v) is 7.15. The Kier molecular flexibility index (Phi) is 5.57. The number of para-hydroxylation sites is 1. The molecule has 0 aliphatic carbocycles. The van der Waals surface area contributed by atoms with Crippen molar-refractivity contribution in [3.63, 3.8) is 0 Å². The van der Waals surface area contributed by atoms with Crippen molar-refractivity contribution < 1.29 is 18.5 Å². The minimum atomic E-state index is -0.474. The largest absolute Gasteiger partial charge is 0.355 e. The second-order valence-electron chi connectivity index (χ2n) is 6.09. The van der Waals surface area contributed by atoms with Crippen LogP contribution < -0.4 is 10.6 Å². The van der Waals surface area contributed by atoms with E-state index in [1.54, 1.807) is 12.1 Å². The molecule has 0 fully saturated rings. The van der Waals surface area contributed by atoms with Crippen LogP contribution in [0.4, 0.5) is 10.1 Å². The number of aromatic nitrogens is 3. The molecule has 2 aromatic heterocycles. The molecule has 4 aromatic rings. The van der Waals surface area contributed by atoms with Gasteiger partial charge in [-0.2, -0.15) is 0 Å². The summed E-state index contributed by atoms with van der Waals surface area (Å²) in [7, 11) is 0. The van der Waals surface area contributed by atoms with Crippen LogP contribution in [0.1, 0.15) is 25.3 Å². The molecule has 0 atom stereocenters. The monoisotopic (exact) mass is 423 g/mol. The van der Waals surface area contributed by atoms with Gasteiger partial charge in [-0.25, -0.2) is 4.39 Å². The Balaban J connectivity index is 1.34. The maximum Gasteiger partial charge on any atom is 0.286 e. The summed E-state index contributed by atoms with van der Waals surface area (Å²) in [6.07, 6.45) is 0. The van der Waals surface area contributed by atoms with E-state index in [1.807, 2.05) is 18.2 Å². The predicted molar refractivity (Wildman–Crippen MR) is 107 cm³/mol. The van der Waals surface area contributed by atoms with E-state index >= 15 is 0 Å². The molecular weight excluding hydrogens is 409 g/mol. The summed E-state index contributed by atoms with van der Waals surface area (Å²) < 4.78 is 18.2. The minimum absolute atomic E-state index is 0.0703. The zero-order chi connectivity index (χ0) is 20.9. The molecule has 0 saturated carbocycles. The summed E-state index contributed by atoms with van der Waals surface area (Å²) >= 11 is 1.07. The van der Waals surface area contributed by atoms with Gasteiger partial charge in [0.2, 0.25) is 5.01 Å². The zero-order valence-electron chi connectivity index (χ0n) is 15.3. The van der Waals surface area contributed by atoms with Gasteiger partial charge in [0.25, 0.3) is 11.8 Å². The number of amides is 2. The molecule has 0 bridgehead atoms. The highest BCUT2D eigenvalue weighted by Gasteiger charge is 2.16. The van der Waals surface area contributed by atoms with Crippen molar-refractivity contribution >= 4 is 28.8 Å². The molecule has 30 heavy (non-hydrogen) atoms. The van der Waals surface area contributed by atoms with Crippen molar-refractivity contribution in [2.75, 3.05) is 5.32 Å². The normalized spacial score (nSPS) is 10.6. The molecule has 0 spiro atoms. The Morgan fingerprint density at radius 1 is 1.00 bits per heavy atom. The number of carbonyl (C=O) groups excluding carboxylic acids is 2. The number of hydrogen-bond donors (Lipinski definition) is 2. The van der Waals surface area contributed by atoms with Crippen molar-refractivity contribution in [3.8, 4) is 11.3 Å². The minimum Gasteiger partial charge on any atom is -0.355 e.